The number of hydrogen-bond donors (Lipinski definition) is 1. The zero-order valence-electron chi connectivity index (χ0n) is 21.0. The minimum Gasteiger partial charge on any atom is -0.313 e. The molecule has 7 heteroatoms. The van der Waals surface area contributed by atoms with Crippen molar-refractivity contribution >= 4 is 32.5 Å². The fourth-order valence-corrected chi connectivity index (χ4v) is 7.04. The number of para-hydroxylation sites is 1. The van der Waals surface area contributed by atoms with Gasteiger partial charge in [-0.3, -0.25) is 4.98 Å². The lowest BCUT2D eigenvalue weighted by Gasteiger charge is -2.31. The van der Waals surface area contributed by atoms with Crippen molar-refractivity contribution in [1.82, 2.24) is 14.6 Å². The molecule has 1 N–H and O–H groups in total. The van der Waals surface area contributed by atoms with Gasteiger partial charge in [0.25, 0.3) is 0 Å². The summed E-state index contributed by atoms with van der Waals surface area (Å²) in [6, 6.07) is 23.8. The van der Waals surface area contributed by atoms with Crippen molar-refractivity contribution in [2.75, 3.05) is 19.6 Å². The van der Waals surface area contributed by atoms with Crippen molar-refractivity contribution in [3.63, 3.8) is 0 Å². The van der Waals surface area contributed by atoms with E-state index in [0.29, 0.717) is 29.4 Å². The van der Waals surface area contributed by atoms with Gasteiger partial charge in [0.15, 0.2) is 0 Å². The number of sulfonamides is 1. The predicted molar refractivity (Wildman–Crippen MR) is 151 cm³/mol. The Hall–Kier alpha value is -2.77. The molecule has 2 heterocycles. The summed E-state index contributed by atoms with van der Waals surface area (Å²) in [7, 11) is -3.57. The summed E-state index contributed by atoms with van der Waals surface area (Å²) >= 11 is 6.55. The number of halogens is 1. The van der Waals surface area contributed by atoms with Gasteiger partial charge in [0.2, 0.25) is 10.0 Å². The van der Waals surface area contributed by atoms with E-state index in [4.69, 9.17) is 11.6 Å². The molecular formula is C30H32ClN3O2S. The minimum absolute atomic E-state index is 0.307. The lowest BCUT2D eigenvalue weighted by Crippen LogP contribution is -2.39. The van der Waals surface area contributed by atoms with Crippen LogP contribution in [0.2, 0.25) is 5.02 Å². The molecule has 37 heavy (non-hydrogen) atoms. The molecular weight excluding hydrogens is 502 g/mol. The maximum absolute atomic E-state index is 13.4. The summed E-state index contributed by atoms with van der Waals surface area (Å²) in [6.45, 7) is 4.71. The number of aromatic nitrogens is 1. The number of benzene rings is 3. The SMILES string of the molecule is Cc1cnc2c(S(=O)(=O)N3CCC(CCNCc4ccc(-c5ccccc5)c(Cl)c4)CC3)cccc2c1. The first-order valence-electron chi connectivity index (χ1n) is 12.8. The van der Waals surface area contributed by atoms with Gasteiger partial charge in [-0.2, -0.15) is 4.31 Å². The van der Waals surface area contributed by atoms with Crippen LogP contribution in [0.15, 0.2) is 83.9 Å². The molecule has 5 nitrogen and oxygen atoms in total. The first-order valence-corrected chi connectivity index (χ1v) is 14.6. The number of piperidine rings is 1. The van der Waals surface area contributed by atoms with Crippen LogP contribution in [0.3, 0.4) is 0 Å². The van der Waals surface area contributed by atoms with Gasteiger partial charge in [0, 0.05) is 41.8 Å². The average Bonchev–Trinajstić information content (AvgIpc) is 2.91. The molecule has 0 spiro atoms. The molecule has 1 fully saturated rings. The highest BCUT2D eigenvalue weighted by Crippen LogP contribution is 2.30. The lowest BCUT2D eigenvalue weighted by atomic mass is 9.95. The van der Waals surface area contributed by atoms with Crippen LogP contribution in [-0.4, -0.2) is 37.3 Å². The van der Waals surface area contributed by atoms with E-state index in [-0.39, 0.29) is 0 Å². The van der Waals surface area contributed by atoms with E-state index >= 15 is 0 Å². The van der Waals surface area contributed by atoms with Crippen LogP contribution in [0.1, 0.15) is 30.4 Å². The van der Waals surface area contributed by atoms with Crippen molar-refractivity contribution in [2.45, 2.75) is 37.6 Å². The van der Waals surface area contributed by atoms with Crippen LogP contribution < -0.4 is 5.32 Å². The molecule has 1 aliphatic rings. The Morgan fingerprint density at radius 2 is 1.78 bits per heavy atom. The van der Waals surface area contributed by atoms with Crippen molar-refractivity contribution in [3.05, 3.63) is 95.1 Å². The van der Waals surface area contributed by atoms with Gasteiger partial charge in [-0.25, -0.2) is 8.42 Å². The van der Waals surface area contributed by atoms with E-state index < -0.39 is 10.0 Å². The third-order valence-corrected chi connectivity index (χ3v) is 9.42. The fourth-order valence-electron chi connectivity index (χ4n) is 5.09. The number of aryl methyl sites for hydroxylation is 1. The van der Waals surface area contributed by atoms with Crippen molar-refractivity contribution in [1.29, 1.82) is 0 Å². The molecule has 1 aliphatic heterocycles. The van der Waals surface area contributed by atoms with Crippen LogP contribution >= 0.6 is 11.6 Å². The first-order chi connectivity index (χ1) is 17.9. The van der Waals surface area contributed by atoms with Crippen molar-refractivity contribution in [2.24, 2.45) is 5.92 Å². The largest absolute Gasteiger partial charge is 0.313 e. The van der Waals surface area contributed by atoms with Gasteiger partial charge in [0.1, 0.15) is 4.90 Å². The first kappa shape index (κ1) is 25.9. The highest BCUT2D eigenvalue weighted by molar-refractivity contribution is 7.89. The molecule has 1 saturated heterocycles. The highest BCUT2D eigenvalue weighted by atomic mass is 35.5. The third kappa shape index (κ3) is 5.88. The van der Waals surface area contributed by atoms with Gasteiger partial charge in [-0.05, 0) is 73.5 Å². The molecule has 0 atom stereocenters. The van der Waals surface area contributed by atoms with E-state index in [9.17, 15) is 8.42 Å². The van der Waals surface area contributed by atoms with E-state index in [1.165, 1.54) is 0 Å². The second-order valence-corrected chi connectivity index (χ2v) is 12.1. The molecule has 0 unspecified atom stereocenters. The summed E-state index contributed by atoms with van der Waals surface area (Å²) in [6.07, 6.45) is 4.50. The Labute approximate surface area is 224 Å². The summed E-state index contributed by atoms with van der Waals surface area (Å²) in [5.41, 5.74) is 4.89. The van der Waals surface area contributed by atoms with Crippen molar-refractivity contribution in [3.8, 4) is 11.1 Å². The average molecular weight is 534 g/mol. The fraction of sp³-hybridized carbons (Fsp3) is 0.300. The summed E-state index contributed by atoms with van der Waals surface area (Å²) in [4.78, 5) is 4.74. The molecule has 0 bridgehead atoms. The van der Waals surface area contributed by atoms with Crippen LogP contribution in [0.25, 0.3) is 22.0 Å². The Morgan fingerprint density at radius 1 is 1.00 bits per heavy atom. The topological polar surface area (TPSA) is 62.3 Å². The summed E-state index contributed by atoms with van der Waals surface area (Å²) in [5, 5.41) is 5.15. The monoisotopic (exact) mass is 533 g/mol. The van der Waals surface area contributed by atoms with Gasteiger partial charge in [0.05, 0.1) is 5.52 Å². The maximum atomic E-state index is 13.4. The quantitative estimate of drug-likeness (QED) is 0.265. The highest BCUT2D eigenvalue weighted by Gasteiger charge is 2.30. The number of pyridine rings is 1. The molecule has 1 aromatic heterocycles. The summed E-state index contributed by atoms with van der Waals surface area (Å²) < 4.78 is 28.5. The number of nitrogens with zero attached hydrogens (tertiary/aromatic N) is 2. The van der Waals surface area contributed by atoms with E-state index in [1.54, 1.807) is 22.6 Å². The van der Waals surface area contributed by atoms with Gasteiger partial charge < -0.3 is 5.32 Å². The molecule has 0 aliphatic carbocycles. The van der Waals surface area contributed by atoms with E-state index in [1.807, 2.05) is 43.3 Å². The Balaban J connectivity index is 1.12. The predicted octanol–water partition coefficient (Wildman–Crippen LogP) is 6.44. The smallest absolute Gasteiger partial charge is 0.245 e. The Bertz CT molecular complexity index is 1480. The Morgan fingerprint density at radius 3 is 2.54 bits per heavy atom. The van der Waals surface area contributed by atoms with Gasteiger partial charge >= 0.3 is 0 Å². The van der Waals surface area contributed by atoms with E-state index in [0.717, 1.165) is 65.0 Å². The van der Waals surface area contributed by atoms with Gasteiger partial charge in [-0.15, -0.1) is 0 Å². The Kier molecular flexibility index (Phi) is 7.91. The lowest BCUT2D eigenvalue weighted by molar-refractivity contribution is 0.262. The second kappa shape index (κ2) is 11.3. The maximum Gasteiger partial charge on any atom is 0.245 e. The molecule has 192 valence electrons. The van der Waals surface area contributed by atoms with E-state index in [2.05, 4.69) is 34.6 Å². The number of hydrogen-bond acceptors (Lipinski definition) is 4. The molecule has 5 rings (SSSR count). The van der Waals surface area contributed by atoms with Gasteiger partial charge in [-0.1, -0.05) is 66.2 Å². The number of fused-ring (bicyclic) bond motifs is 1. The molecule has 0 amide bonds. The second-order valence-electron chi connectivity index (χ2n) is 9.83. The third-order valence-electron chi connectivity index (χ3n) is 7.18. The van der Waals surface area contributed by atoms with Crippen LogP contribution in [0.4, 0.5) is 0 Å². The zero-order chi connectivity index (χ0) is 25.8. The molecule has 3 aromatic carbocycles. The molecule has 0 radical (unpaired) electrons. The number of nitrogens with one attached hydrogen (secondary N) is 1. The summed E-state index contributed by atoms with van der Waals surface area (Å²) in [5.74, 6) is 0.510. The zero-order valence-corrected chi connectivity index (χ0v) is 22.6. The number of rotatable bonds is 8. The standard InChI is InChI=1S/C30H32ClN3O2S/c1-22-18-26-8-5-9-29(30(26)33-20-22)37(35,36)34-16-13-23(14-17-34)12-15-32-21-24-10-11-27(28(31)19-24)25-6-3-2-4-7-25/h2-11,18-20,23,32H,12-17,21H2,1H3. The van der Waals surface area contributed by atoms with Crippen LogP contribution in [-0.2, 0) is 16.6 Å². The van der Waals surface area contributed by atoms with Crippen LogP contribution in [0, 0.1) is 12.8 Å². The minimum atomic E-state index is -3.57. The normalized spacial score (nSPS) is 15.3. The van der Waals surface area contributed by atoms with Crippen LogP contribution in [0.5, 0.6) is 0 Å². The molecule has 4 aromatic rings. The molecule has 0 saturated carbocycles. The van der Waals surface area contributed by atoms with Crippen molar-refractivity contribution < 1.29 is 8.42 Å².